The second kappa shape index (κ2) is 7.70. The van der Waals surface area contributed by atoms with Crippen molar-refractivity contribution in [3.63, 3.8) is 0 Å². The second-order valence-electron chi connectivity index (χ2n) is 8.17. The van der Waals surface area contributed by atoms with Crippen LogP contribution in [0.1, 0.15) is 40.6 Å². The van der Waals surface area contributed by atoms with Crippen LogP contribution in [0.15, 0.2) is 65.7 Å². The maximum atomic E-state index is 14.4. The van der Waals surface area contributed by atoms with Gasteiger partial charge >= 0.3 is 0 Å². The van der Waals surface area contributed by atoms with Crippen molar-refractivity contribution in [1.82, 2.24) is 5.32 Å². The molecule has 5 rings (SSSR count). The molecule has 3 atom stereocenters. The number of hydrogen-bond donors (Lipinski definition) is 1. The molecule has 2 aliphatic heterocycles. The molecule has 2 nitrogen and oxygen atoms in total. The monoisotopic (exact) mass is 468 g/mol. The molecular weight excluding hydrogens is 450 g/mol. The number of aryl methyl sites for hydroxylation is 1. The quantitative estimate of drug-likeness (QED) is 0.400. The molecule has 0 aromatic heterocycles. The van der Waals surface area contributed by atoms with E-state index >= 15 is 0 Å². The van der Waals surface area contributed by atoms with Crippen molar-refractivity contribution in [2.24, 2.45) is 4.99 Å². The molecule has 0 radical (unpaired) electrons. The van der Waals surface area contributed by atoms with Crippen molar-refractivity contribution in [2.75, 3.05) is 0 Å². The number of benzene rings is 3. The smallest absolute Gasteiger partial charge is 0.123 e. The summed E-state index contributed by atoms with van der Waals surface area (Å²) in [4.78, 5) is 5.50. The van der Waals surface area contributed by atoms with Gasteiger partial charge < -0.3 is 5.32 Å². The molecule has 1 fully saturated rings. The van der Waals surface area contributed by atoms with Gasteiger partial charge in [-0.05, 0) is 65.6 Å². The van der Waals surface area contributed by atoms with Crippen LogP contribution in [0.2, 0.25) is 10.0 Å². The Hall–Kier alpha value is -2.27. The van der Waals surface area contributed by atoms with Gasteiger partial charge in [0.1, 0.15) is 5.82 Å². The van der Waals surface area contributed by atoms with Gasteiger partial charge in [0.2, 0.25) is 0 Å². The van der Waals surface area contributed by atoms with Gasteiger partial charge in [-0.3, -0.25) is 4.99 Å². The maximum Gasteiger partial charge on any atom is 0.123 e. The van der Waals surface area contributed by atoms with E-state index in [0.717, 1.165) is 32.9 Å². The lowest BCUT2D eigenvalue weighted by molar-refractivity contribution is 0.344. The van der Waals surface area contributed by atoms with E-state index in [0.29, 0.717) is 16.5 Å². The predicted octanol–water partition coefficient (Wildman–Crippen LogP) is 7.24. The Labute approximate surface area is 196 Å². The molecule has 156 valence electrons. The van der Waals surface area contributed by atoms with Crippen molar-refractivity contribution in [2.45, 2.75) is 30.7 Å². The summed E-state index contributed by atoms with van der Waals surface area (Å²) in [5.41, 5.74) is 4.22. The third kappa shape index (κ3) is 3.38. The number of thiocarbonyl (C=S) groups is 1. The van der Waals surface area contributed by atoms with Gasteiger partial charge in [0.15, 0.2) is 0 Å². The molecule has 3 aromatic carbocycles. The Kier molecular flexibility index (Phi) is 5.12. The molecular formula is C25H19Cl2FN2S. The molecule has 0 aliphatic carbocycles. The number of fused-ring (bicyclic) bond motifs is 2. The zero-order valence-electron chi connectivity index (χ0n) is 16.7. The summed E-state index contributed by atoms with van der Waals surface area (Å²) in [5.74, 6) is -0.307. The SMILES string of the molecule is Cc1ccc(F)cc1[C@H]1NC(=S)C[C@@H](c2cccc(Cl)c2)[C@]12C=Nc1cc(Cl)ccc12. The number of aliphatic imine (C=N–C) groups is 1. The van der Waals surface area contributed by atoms with Gasteiger partial charge in [0.05, 0.1) is 22.1 Å². The summed E-state index contributed by atoms with van der Waals surface area (Å²) in [5, 5.41) is 4.81. The van der Waals surface area contributed by atoms with Crippen LogP contribution in [0.3, 0.4) is 0 Å². The van der Waals surface area contributed by atoms with Crippen molar-refractivity contribution in [1.29, 1.82) is 0 Å². The largest absolute Gasteiger partial charge is 0.372 e. The molecule has 2 aliphatic rings. The maximum absolute atomic E-state index is 14.4. The summed E-state index contributed by atoms with van der Waals surface area (Å²) >= 11 is 18.3. The fraction of sp³-hybridized carbons (Fsp3) is 0.200. The minimum Gasteiger partial charge on any atom is -0.372 e. The first-order valence-electron chi connectivity index (χ1n) is 10.0. The van der Waals surface area contributed by atoms with E-state index in [1.807, 2.05) is 49.5 Å². The average molecular weight is 469 g/mol. The highest BCUT2D eigenvalue weighted by atomic mass is 35.5. The van der Waals surface area contributed by atoms with E-state index in [-0.39, 0.29) is 17.8 Å². The number of rotatable bonds is 2. The molecule has 6 heteroatoms. The van der Waals surface area contributed by atoms with Crippen LogP contribution in [0.25, 0.3) is 0 Å². The number of halogens is 3. The number of nitrogens with zero attached hydrogens (tertiary/aromatic N) is 1. The van der Waals surface area contributed by atoms with E-state index in [1.54, 1.807) is 12.1 Å². The highest BCUT2D eigenvalue weighted by molar-refractivity contribution is 7.80. The summed E-state index contributed by atoms with van der Waals surface area (Å²) < 4.78 is 14.4. The van der Waals surface area contributed by atoms with Gasteiger partial charge in [-0.15, -0.1) is 0 Å². The Morgan fingerprint density at radius 1 is 1.06 bits per heavy atom. The first kappa shape index (κ1) is 20.6. The molecule has 0 bridgehead atoms. The van der Waals surface area contributed by atoms with Crippen LogP contribution in [-0.2, 0) is 5.41 Å². The molecule has 1 saturated heterocycles. The highest BCUT2D eigenvalue weighted by Crippen LogP contribution is 2.56. The molecule has 3 aromatic rings. The van der Waals surface area contributed by atoms with Crippen LogP contribution in [0.4, 0.5) is 10.1 Å². The number of nitrogens with one attached hydrogen (secondary N) is 1. The lowest BCUT2D eigenvalue weighted by Gasteiger charge is -2.48. The van der Waals surface area contributed by atoms with Crippen LogP contribution in [0, 0.1) is 12.7 Å². The molecule has 2 heterocycles. The second-order valence-corrected chi connectivity index (χ2v) is 9.53. The molecule has 1 N–H and O–H groups in total. The molecule has 0 amide bonds. The van der Waals surface area contributed by atoms with Gasteiger partial charge in [0, 0.05) is 28.6 Å². The fourth-order valence-corrected chi connectivity index (χ4v) is 5.65. The lowest BCUT2D eigenvalue weighted by Crippen LogP contribution is -2.53. The van der Waals surface area contributed by atoms with Crippen molar-refractivity contribution in [3.05, 3.63) is 98.8 Å². The van der Waals surface area contributed by atoms with E-state index in [2.05, 4.69) is 11.4 Å². The average Bonchev–Trinajstić information content (AvgIpc) is 3.10. The Bertz CT molecular complexity index is 1240. The molecule has 31 heavy (non-hydrogen) atoms. The van der Waals surface area contributed by atoms with Crippen molar-refractivity contribution in [3.8, 4) is 0 Å². The topological polar surface area (TPSA) is 24.4 Å². The normalized spacial score (nSPS) is 24.3. The zero-order chi connectivity index (χ0) is 21.8. The molecule has 0 saturated carbocycles. The minimum absolute atomic E-state index is 0.0289. The van der Waals surface area contributed by atoms with E-state index in [1.165, 1.54) is 6.07 Å². The van der Waals surface area contributed by atoms with Crippen LogP contribution in [0.5, 0.6) is 0 Å². The molecule has 1 spiro atoms. The zero-order valence-corrected chi connectivity index (χ0v) is 19.0. The summed E-state index contributed by atoms with van der Waals surface area (Å²) in [7, 11) is 0. The first-order chi connectivity index (χ1) is 14.9. The minimum atomic E-state index is -0.578. The third-order valence-corrected chi connectivity index (χ3v) is 7.15. The third-order valence-electron chi connectivity index (χ3n) is 6.40. The Morgan fingerprint density at radius 3 is 2.68 bits per heavy atom. The Morgan fingerprint density at radius 2 is 1.87 bits per heavy atom. The van der Waals surface area contributed by atoms with Crippen molar-refractivity contribution < 1.29 is 4.39 Å². The van der Waals surface area contributed by atoms with Gasteiger partial charge in [0.25, 0.3) is 0 Å². The summed E-state index contributed by atoms with van der Waals surface area (Å²) in [6.07, 6.45) is 2.62. The Balaban J connectivity index is 1.79. The van der Waals surface area contributed by atoms with E-state index in [9.17, 15) is 4.39 Å². The summed E-state index contributed by atoms with van der Waals surface area (Å²) in [6.45, 7) is 1.99. The highest BCUT2D eigenvalue weighted by Gasteiger charge is 2.54. The number of piperidine rings is 1. The van der Waals surface area contributed by atoms with Crippen LogP contribution < -0.4 is 5.32 Å². The van der Waals surface area contributed by atoms with Crippen LogP contribution in [-0.4, -0.2) is 11.2 Å². The van der Waals surface area contributed by atoms with Crippen LogP contribution >= 0.6 is 35.4 Å². The van der Waals surface area contributed by atoms with Gasteiger partial charge in [-0.25, -0.2) is 4.39 Å². The van der Waals surface area contributed by atoms with E-state index < -0.39 is 5.41 Å². The number of hydrogen-bond acceptors (Lipinski definition) is 2. The lowest BCUT2D eigenvalue weighted by atomic mass is 9.60. The first-order valence-corrected chi connectivity index (χ1v) is 11.2. The fourth-order valence-electron chi connectivity index (χ4n) is 5.00. The van der Waals surface area contributed by atoms with Gasteiger partial charge in [-0.2, -0.15) is 0 Å². The predicted molar refractivity (Wildman–Crippen MR) is 130 cm³/mol. The molecule has 0 unspecified atom stereocenters. The standard InChI is InChI=1S/C25H19Cl2FN2S/c1-14-5-7-18(28)11-19(14)24-25(13-29-22-10-17(27)6-8-20(22)25)21(12-23(31)30-24)15-3-2-4-16(26)9-15/h2-11,13,21,24H,12H2,1H3,(H,30,31)/t21-,24+,25+/m0/s1. The summed E-state index contributed by atoms with van der Waals surface area (Å²) in [6, 6.07) is 18.3. The van der Waals surface area contributed by atoms with Crippen molar-refractivity contribution >= 4 is 52.3 Å². The van der Waals surface area contributed by atoms with E-state index in [4.69, 9.17) is 40.4 Å². The van der Waals surface area contributed by atoms with Gasteiger partial charge in [-0.1, -0.05) is 59.7 Å².